The zero-order valence-corrected chi connectivity index (χ0v) is 12.1. The van der Waals surface area contributed by atoms with E-state index in [4.69, 9.17) is 4.52 Å². The molecule has 1 aromatic heterocycles. The van der Waals surface area contributed by atoms with Crippen LogP contribution in [0, 0.1) is 13.8 Å². The van der Waals surface area contributed by atoms with Crippen LogP contribution in [0.15, 0.2) is 28.8 Å². The lowest BCUT2D eigenvalue weighted by Crippen LogP contribution is -2.40. The van der Waals surface area contributed by atoms with Crippen molar-refractivity contribution >= 4 is 0 Å². The molecule has 2 aromatic rings. The highest BCUT2D eigenvalue weighted by Crippen LogP contribution is 2.36. The van der Waals surface area contributed by atoms with Gasteiger partial charge in [-0.05, 0) is 38.2 Å². The molecule has 1 N–H and O–H groups in total. The minimum Gasteiger partial charge on any atom is -0.339 e. The minimum absolute atomic E-state index is 0.630. The number of nitrogens with one attached hydrogen (secondary N) is 1. The molecule has 0 radical (unpaired) electrons. The van der Waals surface area contributed by atoms with Gasteiger partial charge in [0, 0.05) is 19.0 Å². The van der Waals surface area contributed by atoms with Crippen molar-refractivity contribution in [2.45, 2.75) is 45.1 Å². The van der Waals surface area contributed by atoms with Crippen molar-refractivity contribution in [1.82, 2.24) is 15.5 Å². The van der Waals surface area contributed by atoms with Gasteiger partial charge in [0.2, 0.25) is 5.89 Å². The predicted molar refractivity (Wildman–Crippen MR) is 77.7 cm³/mol. The summed E-state index contributed by atoms with van der Waals surface area (Å²) >= 11 is 0. The predicted octanol–water partition coefficient (Wildman–Crippen LogP) is 2.76. The Labute approximate surface area is 119 Å². The molecule has 0 saturated heterocycles. The third-order valence-corrected chi connectivity index (χ3v) is 4.03. The Balaban J connectivity index is 1.39. The summed E-state index contributed by atoms with van der Waals surface area (Å²) in [5, 5.41) is 7.35. The molecule has 106 valence electrons. The minimum atomic E-state index is 0.630. The standard InChI is InChI=1S/C16H21N3O/c1-11-3-5-13(6-4-11)14-9-15(10-14)17-8-7-16-18-12(2)19-20-16/h3-6,14-15,17H,7-10H2,1-2H3. The van der Waals surface area contributed by atoms with Gasteiger partial charge in [0.15, 0.2) is 5.82 Å². The molecule has 1 saturated carbocycles. The van der Waals surface area contributed by atoms with Crippen LogP contribution in [-0.2, 0) is 6.42 Å². The second kappa shape index (κ2) is 5.75. The van der Waals surface area contributed by atoms with Gasteiger partial charge in [-0.25, -0.2) is 0 Å². The smallest absolute Gasteiger partial charge is 0.227 e. The number of benzene rings is 1. The van der Waals surface area contributed by atoms with Crippen molar-refractivity contribution in [2.24, 2.45) is 0 Å². The number of nitrogens with zero attached hydrogens (tertiary/aromatic N) is 2. The summed E-state index contributed by atoms with van der Waals surface area (Å²) in [5.41, 5.74) is 2.80. The van der Waals surface area contributed by atoms with Gasteiger partial charge in [0.1, 0.15) is 0 Å². The van der Waals surface area contributed by atoms with Gasteiger partial charge in [-0.15, -0.1) is 0 Å². The Morgan fingerprint density at radius 2 is 1.95 bits per heavy atom. The quantitative estimate of drug-likeness (QED) is 0.908. The maximum absolute atomic E-state index is 5.10. The van der Waals surface area contributed by atoms with E-state index in [-0.39, 0.29) is 0 Å². The zero-order valence-electron chi connectivity index (χ0n) is 12.1. The van der Waals surface area contributed by atoms with Crippen LogP contribution < -0.4 is 5.32 Å². The van der Waals surface area contributed by atoms with E-state index in [0.29, 0.717) is 11.9 Å². The Morgan fingerprint density at radius 1 is 1.20 bits per heavy atom. The Bertz CT molecular complexity index is 555. The first-order chi connectivity index (χ1) is 9.70. The summed E-state index contributed by atoms with van der Waals surface area (Å²) in [7, 11) is 0. The third kappa shape index (κ3) is 3.07. The largest absolute Gasteiger partial charge is 0.339 e. The third-order valence-electron chi connectivity index (χ3n) is 4.03. The summed E-state index contributed by atoms with van der Waals surface area (Å²) in [6.07, 6.45) is 3.27. The Morgan fingerprint density at radius 3 is 2.60 bits per heavy atom. The molecule has 3 rings (SSSR count). The van der Waals surface area contributed by atoms with Crippen LogP contribution >= 0.6 is 0 Å². The lowest BCUT2D eigenvalue weighted by atomic mass is 9.76. The van der Waals surface area contributed by atoms with E-state index in [1.807, 2.05) is 6.92 Å². The van der Waals surface area contributed by atoms with E-state index in [1.54, 1.807) is 0 Å². The number of hydrogen-bond donors (Lipinski definition) is 1. The van der Waals surface area contributed by atoms with E-state index in [2.05, 4.69) is 46.6 Å². The summed E-state index contributed by atoms with van der Waals surface area (Å²) in [5.74, 6) is 2.16. The Hall–Kier alpha value is -1.68. The molecule has 0 atom stereocenters. The van der Waals surface area contributed by atoms with E-state index in [9.17, 15) is 0 Å². The summed E-state index contributed by atoms with van der Waals surface area (Å²) in [4.78, 5) is 4.20. The van der Waals surface area contributed by atoms with Gasteiger partial charge >= 0.3 is 0 Å². The molecule has 4 nitrogen and oxygen atoms in total. The van der Waals surface area contributed by atoms with Gasteiger partial charge in [0.25, 0.3) is 0 Å². The van der Waals surface area contributed by atoms with Gasteiger partial charge in [-0.2, -0.15) is 4.98 Å². The second-order valence-electron chi connectivity index (χ2n) is 5.72. The number of aryl methyl sites for hydroxylation is 2. The van der Waals surface area contributed by atoms with Crippen LogP contribution in [0.3, 0.4) is 0 Å². The van der Waals surface area contributed by atoms with E-state index < -0.39 is 0 Å². The highest BCUT2D eigenvalue weighted by molar-refractivity contribution is 5.26. The number of hydrogen-bond acceptors (Lipinski definition) is 4. The summed E-state index contributed by atoms with van der Waals surface area (Å²) in [6.45, 7) is 4.89. The molecule has 20 heavy (non-hydrogen) atoms. The molecule has 0 unspecified atom stereocenters. The molecular weight excluding hydrogens is 250 g/mol. The van der Waals surface area contributed by atoms with Crippen LogP contribution in [-0.4, -0.2) is 22.7 Å². The Kier molecular flexibility index (Phi) is 3.83. The number of rotatable bonds is 5. The van der Waals surface area contributed by atoms with Crippen molar-refractivity contribution in [1.29, 1.82) is 0 Å². The maximum Gasteiger partial charge on any atom is 0.227 e. The van der Waals surface area contributed by atoms with Gasteiger partial charge in [-0.3, -0.25) is 0 Å². The molecule has 1 fully saturated rings. The van der Waals surface area contributed by atoms with Crippen molar-refractivity contribution in [3.63, 3.8) is 0 Å². The fourth-order valence-electron chi connectivity index (χ4n) is 2.72. The molecule has 1 aromatic carbocycles. The first kappa shape index (κ1) is 13.3. The van der Waals surface area contributed by atoms with E-state index in [0.717, 1.165) is 24.8 Å². The summed E-state index contributed by atoms with van der Waals surface area (Å²) < 4.78 is 5.10. The molecule has 0 amide bonds. The second-order valence-corrected chi connectivity index (χ2v) is 5.72. The average Bonchev–Trinajstić information content (AvgIpc) is 2.80. The molecule has 0 bridgehead atoms. The molecular formula is C16H21N3O. The maximum atomic E-state index is 5.10. The molecule has 0 spiro atoms. The molecule has 1 aliphatic carbocycles. The van der Waals surface area contributed by atoms with Crippen molar-refractivity contribution in [3.05, 3.63) is 47.1 Å². The zero-order chi connectivity index (χ0) is 13.9. The lowest BCUT2D eigenvalue weighted by Gasteiger charge is -2.36. The highest BCUT2D eigenvalue weighted by Gasteiger charge is 2.29. The first-order valence-electron chi connectivity index (χ1n) is 7.30. The molecule has 4 heteroatoms. The lowest BCUT2D eigenvalue weighted by molar-refractivity contribution is 0.287. The SMILES string of the molecule is Cc1ccc(C2CC(NCCc3nc(C)no3)C2)cc1. The van der Waals surface area contributed by atoms with Crippen LogP contribution in [0.25, 0.3) is 0 Å². The fourth-order valence-corrected chi connectivity index (χ4v) is 2.72. The van der Waals surface area contributed by atoms with Crippen molar-refractivity contribution in [2.75, 3.05) is 6.54 Å². The van der Waals surface area contributed by atoms with Crippen LogP contribution in [0.5, 0.6) is 0 Å². The highest BCUT2D eigenvalue weighted by atomic mass is 16.5. The average molecular weight is 271 g/mol. The summed E-state index contributed by atoms with van der Waals surface area (Å²) in [6, 6.07) is 9.56. The topological polar surface area (TPSA) is 51.0 Å². The van der Waals surface area contributed by atoms with Crippen molar-refractivity contribution < 1.29 is 4.52 Å². The van der Waals surface area contributed by atoms with Crippen LogP contribution in [0.2, 0.25) is 0 Å². The van der Waals surface area contributed by atoms with Crippen molar-refractivity contribution in [3.8, 4) is 0 Å². The van der Waals surface area contributed by atoms with Gasteiger partial charge in [-0.1, -0.05) is 35.0 Å². The van der Waals surface area contributed by atoms with E-state index in [1.165, 1.54) is 24.0 Å². The van der Waals surface area contributed by atoms with Gasteiger partial charge in [0.05, 0.1) is 0 Å². The molecule has 1 aliphatic rings. The van der Waals surface area contributed by atoms with E-state index >= 15 is 0 Å². The molecule has 1 heterocycles. The molecule has 0 aliphatic heterocycles. The monoisotopic (exact) mass is 271 g/mol. The van der Waals surface area contributed by atoms with Crippen LogP contribution in [0.1, 0.15) is 41.6 Å². The van der Waals surface area contributed by atoms with Crippen LogP contribution in [0.4, 0.5) is 0 Å². The van der Waals surface area contributed by atoms with Gasteiger partial charge < -0.3 is 9.84 Å². The first-order valence-corrected chi connectivity index (χ1v) is 7.30. The number of aromatic nitrogens is 2. The normalized spacial score (nSPS) is 21.7. The fraction of sp³-hybridized carbons (Fsp3) is 0.500.